The van der Waals surface area contributed by atoms with Crippen LogP contribution in [0.5, 0.6) is 28.7 Å². The fourth-order valence-corrected chi connectivity index (χ4v) is 11.3. The molecule has 0 aliphatic rings. The Morgan fingerprint density at radius 2 is 0.411 bits per heavy atom. The first-order chi connectivity index (χ1) is 27.7. The van der Waals surface area contributed by atoms with Gasteiger partial charge in [-0.25, -0.2) is 0 Å². The molecule has 0 aliphatic heterocycles. The number of para-hydroxylation sites is 5. The van der Waals surface area contributed by atoms with E-state index in [-0.39, 0.29) is 33.0 Å². The molecule has 0 atom stereocenters. The van der Waals surface area contributed by atoms with Crippen LogP contribution in [0.4, 0.5) is 0 Å². The summed E-state index contributed by atoms with van der Waals surface area (Å²) in [5.41, 5.74) is 0. The zero-order valence-corrected chi connectivity index (χ0v) is 33.9. The number of rotatable bonds is 30. The molecule has 0 amide bonds. The van der Waals surface area contributed by atoms with Gasteiger partial charge in [0.1, 0.15) is 0 Å². The van der Waals surface area contributed by atoms with Crippen LogP contribution in [0, 0.1) is 0 Å². The average molecular weight is 831 g/mol. The van der Waals surface area contributed by atoms with Crippen molar-refractivity contribution in [1.82, 2.24) is 0 Å². The van der Waals surface area contributed by atoms with E-state index in [9.17, 15) is 0 Å². The molecular weight excluding hydrogens is 775 g/mol. The normalized spacial score (nSPS) is 12.0. The quantitative estimate of drug-likeness (QED) is 0.0330. The van der Waals surface area contributed by atoms with E-state index in [1.165, 1.54) is 0 Å². The summed E-state index contributed by atoms with van der Waals surface area (Å²) in [6, 6.07) is 48.4. The molecule has 0 N–H and O–H groups in total. The molecule has 0 fully saturated rings. The Morgan fingerprint density at radius 3 is 0.589 bits per heavy atom. The molecule has 0 aromatic heterocycles. The zero-order valence-electron chi connectivity index (χ0n) is 32.1. The van der Waals surface area contributed by atoms with E-state index in [2.05, 4.69) is 0 Å². The van der Waals surface area contributed by atoms with Crippen LogP contribution >= 0.6 is 0 Å². The summed E-state index contributed by atoms with van der Waals surface area (Å²) < 4.78 is 63.7. The summed E-state index contributed by atoms with van der Waals surface area (Å²) in [7, 11) is 0. The van der Waals surface area contributed by atoms with Crippen LogP contribution in [0.1, 0.15) is 32.1 Å². The predicted octanol–water partition coefficient (Wildman–Crippen LogP) is 9.30. The maximum atomic E-state index is 6.76. The van der Waals surface area contributed by atoms with Gasteiger partial charge in [-0.15, -0.1) is 0 Å². The van der Waals surface area contributed by atoms with E-state index >= 15 is 0 Å². The standard InChI is InChI=1S/C45H55AsO10/c1-6-21-41(22-7-1)47-31-16-36-52-46(53-37-17-32-48-42-23-8-2-9-24-42,54-38-18-33-49-43-25-10-3-11-26-43,55-39-19-34-50-44-27-12-4-13-28-44)56-40-20-35-51-45-29-14-5-15-30-45/h1-15,21-30H,16-20,31-40H2. The summed E-state index contributed by atoms with van der Waals surface area (Å²) in [6.45, 7) is 3.11. The second kappa shape index (κ2) is 24.9. The zero-order chi connectivity index (χ0) is 38.7. The Labute approximate surface area is 333 Å². The Hall–Kier alpha value is -4.54. The Balaban J connectivity index is 1.31. The van der Waals surface area contributed by atoms with E-state index in [1.807, 2.05) is 152 Å². The van der Waals surface area contributed by atoms with Gasteiger partial charge in [0.15, 0.2) is 0 Å². The molecule has 5 rings (SSSR count). The van der Waals surface area contributed by atoms with Gasteiger partial charge in [-0.05, 0) is 0 Å². The molecule has 5 aromatic carbocycles. The molecule has 0 saturated carbocycles. The molecule has 5 aromatic rings. The Morgan fingerprint density at radius 1 is 0.232 bits per heavy atom. The minimum absolute atomic E-state index is 0.209. The summed E-state index contributed by atoms with van der Waals surface area (Å²) >= 11 is -5.54. The molecule has 0 heterocycles. The van der Waals surface area contributed by atoms with Crippen molar-refractivity contribution < 1.29 is 42.3 Å². The molecule has 56 heavy (non-hydrogen) atoms. The van der Waals surface area contributed by atoms with Crippen LogP contribution < -0.4 is 23.7 Å². The number of hydrogen-bond donors (Lipinski definition) is 0. The minimum atomic E-state index is -5.54. The fourth-order valence-electron chi connectivity index (χ4n) is 5.27. The maximum absolute atomic E-state index is 6.76. The van der Waals surface area contributed by atoms with Gasteiger partial charge in [0.2, 0.25) is 0 Å². The van der Waals surface area contributed by atoms with Crippen molar-refractivity contribution in [3.63, 3.8) is 0 Å². The second-order valence-electron chi connectivity index (χ2n) is 12.5. The molecule has 0 unspecified atom stereocenters. The summed E-state index contributed by atoms with van der Waals surface area (Å²) in [4.78, 5) is 0. The topological polar surface area (TPSA) is 92.3 Å². The van der Waals surface area contributed by atoms with Gasteiger partial charge in [-0.2, -0.15) is 0 Å². The predicted molar refractivity (Wildman–Crippen MR) is 218 cm³/mol. The molecule has 0 spiro atoms. The third-order valence-corrected chi connectivity index (χ3v) is 14.4. The third kappa shape index (κ3) is 15.9. The number of hydrogen-bond acceptors (Lipinski definition) is 10. The summed E-state index contributed by atoms with van der Waals surface area (Å²) in [5.74, 6) is 3.90. The van der Waals surface area contributed by atoms with Gasteiger partial charge in [0.05, 0.1) is 0 Å². The third-order valence-electron chi connectivity index (χ3n) is 8.01. The van der Waals surface area contributed by atoms with E-state index < -0.39 is 14.2 Å². The SMILES string of the molecule is c1ccc(OCCCO[As](OCCCOc2ccccc2)(OCCCOc2ccccc2)(OCCCOc2ccccc2)OCCCOc2ccccc2)cc1. The van der Waals surface area contributed by atoms with Gasteiger partial charge in [-0.1, -0.05) is 0 Å². The van der Waals surface area contributed by atoms with Crippen LogP contribution in [0.25, 0.3) is 0 Å². The van der Waals surface area contributed by atoms with Crippen LogP contribution in [0.15, 0.2) is 152 Å². The van der Waals surface area contributed by atoms with E-state index in [4.69, 9.17) is 42.3 Å². The number of ether oxygens (including phenoxy) is 5. The van der Waals surface area contributed by atoms with Gasteiger partial charge in [0, 0.05) is 0 Å². The Bertz CT molecular complexity index is 1400. The van der Waals surface area contributed by atoms with Gasteiger partial charge < -0.3 is 0 Å². The molecular formula is C45H55AsO10. The van der Waals surface area contributed by atoms with Crippen molar-refractivity contribution in [1.29, 1.82) is 0 Å². The van der Waals surface area contributed by atoms with Crippen LogP contribution in [0.2, 0.25) is 0 Å². The second-order valence-corrected chi connectivity index (χ2v) is 18.3. The molecule has 300 valence electrons. The van der Waals surface area contributed by atoms with E-state index in [1.54, 1.807) is 0 Å². The fraction of sp³-hybridized carbons (Fsp3) is 0.333. The van der Waals surface area contributed by atoms with Crippen molar-refractivity contribution in [3.8, 4) is 28.7 Å². The monoisotopic (exact) mass is 830 g/mol. The molecule has 11 heteroatoms. The Kier molecular flexibility index (Phi) is 18.9. The first-order valence-corrected chi connectivity index (χ1v) is 23.2. The van der Waals surface area contributed by atoms with E-state index in [0.29, 0.717) is 65.1 Å². The average Bonchev–Trinajstić information content (AvgIpc) is 3.25. The van der Waals surface area contributed by atoms with Crippen LogP contribution in [-0.4, -0.2) is 80.2 Å². The van der Waals surface area contributed by atoms with Crippen molar-refractivity contribution in [2.45, 2.75) is 32.1 Å². The first-order valence-electron chi connectivity index (χ1n) is 19.4. The van der Waals surface area contributed by atoms with Gasteiger partial charge >= 0.3 is 335 Å². The van der Waals surface area contributed by atoms with Crippen LogP contribution in [-0.2, 0) is 18.6 Å². The molecule has 0 aliphatic carbocycles. The van der Waals surface area contributed by atoms with Crippen molar-refractivity contribution >= 4 is 14.2 Å². The molecule has 10 nitrogen and oxygen atoms in total. The summed E-state index contributed by atoms with van der Waals surface area (Å²) in [6.07, 6.45) is 2.67. The van der Waals surface area contributed by atoms with Crippen LogP contribution in [0.3, 0.4) is 0 Å². The van der Waals surface area contributed by atoms with Crippen molar-refractivity contribution in [2.24, 2.45) is 0 Å². The van der Waals surface area contributed by atoms with E-state index in [0.717, 1.165) is 28.7 Å². The molecule has 0 saturated heterocycles. The first kappa shape index (κ1) is 42.6. The van der Waals surface area contributed by atoms with Crippen molar-refractivity contribution in [2.75, 3.05) is 66.1 Å². The number of benzene rings is 5. The van der Waals surface area contributed by atoms with Gasteiger partial charge in [0.25, 0.3) is 0 Å². The van der Waals surface area contributed by atoms with Crippen molar-refractivity contribution in [3.05, 3.63) is 152 Å². The molecule has 0 radical (unpaired) electrons. The summed E-state index contributed by atoms with van der Waals surface area (Å²) in [5, 5.41) is 0. The van der Waals surface area contributed by atoms with Gasteiger partial charge in [-0.3, -0.25) is 0 Å². The molecule has 0 bridgehead atoms.